The van der Waals surface area contributed by atoms with Crippen molar-refractivity contribution in [2.45, 2.75) is 36.6 Å². The Labute approximate surface area is 203 Å². The number of fused-ring (bicyclic) bond motifs is 1. The lowest BCUT2D eigenvalue weighted by atomic mass is 10.1. The van der Waals surface area contributed by atoms with Crippen LogP contribution in [0.4, 0.5) is 11.5 Å². The number of sulfonamides is 1. The molecule has 1 fully saturated rings. The van der Waals surface area contributed by atoms with Gasteiger partial charge in [-0.3, -0.25) is 4.72 Å². The second-order valence-corrected chi connectivity index (χ2v) is 10.2. The molecule has 1 aliphatic carbocycles. The van der Waals surface area contributed by atoms with E-state index >= 15 is 0 Å². The Morgan fingerprint density at radius 1 is 1.14 bits per heavy atom. The Morgan fingerprint density at radius 2 is 1.89 bits per heavy atom. The molecule has 2 heterocycles. The van der Waals surface area contributed by atoms with Crippen LogP contribution in [0.1, 0.15) is 37.3 Å². The van der Waals surface area contributed by atoms with Gasteiger partial charge in [-0.15, -0.1) is 0 Å². The Balaban J connectivity index is 1.54. The van der Waals surface area contributed by atoms with E-state index in [9.17, 15) is 8.42 Å². The predicted molar refractivity (Wildman–Crippen MR) is 133 cm³/mol. The van der Waals surface area contributed by atoms with Crippen molar-refractivity contribution in [3.05, 3.63) is 60.6 Å². The van der Waals surface area contributed by atoms with E-state index in [4.69, 9.17) is 15.7 Å². The first-order chi connectivity index (χ1) is 16.9. The minimum atomic E-state index is -3.88. The monoisotopic (exact) mass is 488 g/mol. The van der Waals surface area contributed by atoms with E-state index in [0.717, 1.165) is 35.0 Å². The summed E-state index contributed by atoms with van der Waals surface area (Å²) in [5.74, 6) is 0.753. The molecule has 0 spiro atoms. The molecule has 35 heavy (non-hydrogen) atoms. The molecule has 0 amide bonds. The molecule has 1 aliphatic rings. The largest absolute Gasteiger partial charge is 0.495 e. The third-order valence-electron chi connectivity index (χ3n) is 6.41. The number of rotatable bonds is 6. The number of hydrogen-bond acceptors (Lipinski definition) is 7. The lowest BCUT2D eigenvalue weighted by molar-refractivity contribution is 0.417. The van der Waals surface area contributed by atoms with Gasteiger partial charge in [0.2, 0.25) is 0 Å². The van der Waals surface area contributed by atoms with Crippen LogP contribution >= 0.6 is 0 Å². The maximum absolute atomic E-state index is 12.9. The average Bonchev–Trinajstić information content (AvgIpc) is 3.53. The number of anilines is 2. The van der Waals surface area contributed by atoms with E-state index in [1.807, 2.05) is 12.1 Å². The molecular formula is C25H24N6O3S. The first-order valence-electron chi connectivity index (χ1n) is 11.2. The first kappa shape index (κ1) is 22.7. The van der Waals surface area contributed by atoms with Gasteiger partial charge < -0.3 is 15.0 Å². The summed E-state index contributed by atoms with van der Waals surface area (Å²) in [5.41, 5.74) is 9.42. The Hall–Kier alpha value is -4.10. The van der Waals surface area contributed by atoms with Gasteiger partial charge in [-0.2, -0.15) is 5.26 Å². The Morgan fingerprint density at radius 3 is 2.57 bits per heavy atom. The van der Waals surface area contributed by atoms with Gasteiger partial charge in [0.25, 0.3) is 10.0 Å². The van der Waals surface area contributed by atoms with Crippen molar-refractivity contribution in [2.24, 2.45) is 0 Å². The fourth-order valence-electron chi connectivity index (χ4n) is 4.64. The van der Waals surface area contributed by atoms with Crippen LogP contribution < -0.4 is 15.2 Å². The zero-order valence-electron chi connectivity index (χ0n) is 19.1. The SMILES string of the molecule is COc1cc(-c2cn(C3CCCC3)c3ncnc(N)c23)ccc1NS(=O)(=O)c1ccc(C#N)cc1. The highest BCUT2D eigenvalue weighted by Gasteiger charge is 2.24. The molecule has 10 heteroatoms. The summed E-state index contributed by atoms with van der Waals surface area (Å²) in [7, 11) is -2.40. The molecular weight excluding hydrogens is 464 g/mol. The van der Waals surface area contributed by atoms with Crippen LogP contribution in [0.2, 0.25) is 0 Å². The number of nitrogens with zero attached hydrogens (tertiary/aromatic N) is 4. The average molecular weight is 489 g/mol. The minimum absolute atomic E-state index is 0.0483. The molecule has 2 aromatic heterocycles. The predicted octanol–water partition coefficient (Wildman–Crippen LogP) is 4.48. The quantitative estimate of drug-likeness (QED) is 0.408. The fourth-order valence-corrected chi connectivity index (χ4v) is 5.71. The summed E-state index contributed by atoms with van der Waals surface area (Å²) < 4.78 is 36.1. The van der Waals surface area contributed by atoms with Gasteiger partial charge >= 0.3 is 0 Å². The summed E-state index contributed by atoms with van der Waals surface area (Å²) in [6.07, 6.45) is 8.08. The van der Waals surface area contributed by atoms with Gasteiger partial charge in [-0.05, 0) is 54.8 Å². The van der Waals surface area contributed by atoms with Crippen molar-refractivity contribution < 1.29 is 13.2 Å². The number of benzene rings is 2. The van der Waals surface area contributed by atoms with Gasteiger partial charge in [0.15, 0.2) is 0 Å². The maximum atomic E-state index is 12.9. The Kier molecular flexibility index (Phi) is 5.78. The molecule has 5 rings (SSSR count). The summed E-state index contributed by atoms with van der Waals surface area (Å²) in [4.78, 5) is 8.76. The molecule has 0 aliphatic heterocycles. The summed E-state index contributed by atoms with van der Waals surface area (Å²) in [5, 5.41) is 9.72. The summed E-state index contributed by atoms with van der Waals surface area (Å²) >= 11 is 0. The summed E-state index contributed by atoms with van der Waals surface area (Å²) in [6, 6.07) is 13.3. The molecule has 0 saturated heterocycles. The van der Waals surface area contributed by atoms with Gasteiger partial charge in [0.05, 0.1) is 34.7 Å². The third-order valence-corrected chi connectivity index (χ3v) is 7.79. The van der Waals surface area contributed by atoms with Gasteiger partial charge in [-0.25, -0.2) is 18.4 Å². The number of nitrogens with one attached hydrogen (secondary N) is 1. The van der Waals surface area contributed by atoms with Crippen LogP contribution in [0.25, 0.3) is 22.2 Å². The van der Waals surface area contributed by atoms with E-state index in [1.165, 1.54) is 50.5 Å². The first-order valence-corrected chi connectivity index (χ1v) is 12.7. The van der Waals surface area contributed by atoms with Crippen LogP contribution in [0, 0.1) is 11.3 Å². The van der Waals surface area contributed by atoms with Crippen LogP contribution in [0.5, 0.6) is 5.75 Å². The third kappa shape index (κ3) is 4.15. The topological polar surface area (TPSA) is 136 Å². The molecule has 0 atom stereocenters. The number of nitriles is 1. The smallest absolute Gasteiger partial charge is 0.262 e. The molecule has 4 aromatic rings. The molecule has 0 radical (unpaired) electrons. The van der Waals surface area contributed by atoms with Crippen LogP contribution in [-0.2, 0) is 10.0 Å². The normalized spacial score (nSPS) is 14.2. The van der Waals surface area contributed by atoms with E-state index in [0.29, 0.717) is 28.9 Å². The van der Waals surface area contributed by atoms with Crippen molar-refractivity contribution >= 4 is 32.6 Å². The fraction of sp³-hybridized carbons (Fsp3) is 0.240. The van der Waals surface area contributed by atoms with Crippen molar-refractivity contribution in [3.8, 4) is 22.9 Å². The van der Waals surface area contributed by atoms with Crippen LogP contribution in [-0.4, -0.2) is 30.1 Å². The lowest BCUT2D eigenvalue weighted by Gasteiger charge is -2.13. The van der Waals surface area contributed by atoms with E-state index < -0.39 is 10.0 Å². The van der Waals surface area contributed by atoms with Crippen LogP contribution in [0.15, 0.2) is 59.9 Å². The molecule has 2 aromatic carbocycles. The van der Waals surface area contributed by atoms with E-state index in [2.05, 4.69) is 25.5 Å². The molecule has 1 saturated carbocycles. The second-order valence-electron chi connectivity index (χ2n) is 8.50. The van der Waals surface area contributed by atoms with Gasteiger partial charge in [-0.1, -0.05) is 18.9 Å². The molecule has 178 valence electrons. The Bertz CT molecular complexity index is 1550. The van der Waals surface area contributed by atoms with E-state index in [1.54, 1.807) is 12.1 Å². The van der Waals surface area contributed by atoms with Crippen LogP contribution in [0.3, 0.4) is 0 Å². The zero-order valence-corrected chi connectivity index (χ0v) is 19.9. The standard InChI is InChI=1S/C25H24N6O3S/c1-34-22-12-17(8-11-21(22)30-35(32,33)19-9-6-16(13-26)7-10-19)20-14-31(18-4-2-3-5-18)25-23(20)24(27)28-15-29-25/h6-12,14-15,18,30H,2-5H2,1H3,(H2,27,28,29). The summed E-state index contributed by atoms with van der Waals surface area (Å²) in [6.45, 7) is 0. The van der Waals surface area contributed by atoms with E-state index in [-0.39, 0.29) is 4.90 Å². The highest BCUT2D eigenvalue weighted by molar-refractivity contribution is 7.92. The number of nitrogen functional groups attached to an aromatic ring is 1. The maximum Gasteiger partial charge on any atom is 0.262 e. The molecule has 9 nitrogen and oxygen atoms in total. The minimum Gasteiger partial charge on any atom is -0.495 e. The van der Waals surface area contributed by atoms with Gasteiger partial charge in [0, 0.05) is 17.8 Å². The molecule has 0 bridgehead atoms. The second kappa shape index (κ2) is 8.92. The highest BCUT2D eigenvalue weighted by Crippen LogP contribution is 2.40. The van der Waals surface area contributed by atoms with Crippen molar-refractivity contribution in [3.63, 3.8) is 0 Å². The number of nitrogens with two attached hydrogens (primary N) is 1. The molecule has 0 unspecified atom stereocenters. The highest BCUT2D eigenvalue weighted by atomic mass is 32.2. The zero-order chi connectivity index (χ0) is 24.6. The number of ether oxygens (including phenoxy) is 1. The lowest BCUT2D eigenvalue weighted by Crippen LogP contribution is -2.13. The van der Waals surface area contributed by atoms with Crippen molar-refractivity contribution in [1.29, 1.82) is 5.26 Å². The number of hydrogen-bond donors (Lipinski definition) is 2. The van der Waals surface area contributed by atoms with Crippen molar-refractivity contribution in [2.75, 3.05) is 17.6 Å². The van der Waals surface area contributed by atoms with Crippen molar-refractivity contribution in [1.82, 2.24) is 14.5 Å². The van der Waals surface area contributed by atoms with Gasteiger partial charge in [0.1, 0.15) is 23.5 Å². The molecule has 3 N–H and O–H groups in total. The number of methoxy groups -OCH3 is 1. The number of aromatic nitrogens is 3.